The molecule has 6 nitrogen and oxygen atoms in total. The van der Waals surface area contributed by atoms with Crippen LogP contribution in [0.2, 0.25) is 0 Å². The van der Waals surface area contributed by atoms with Gasteiger partial charge in [0.2, 0.25) is 11.8 Å². The van der Waals surface area contributed by atoms with Gasteiger partial charge in [-0.15, -0.1) is 0 Å². The van der Waals surface area contributed by atoms with Crippen molar-refractivity contribution in [3.05, 3.63) is 48.2 Å². The molecule has 8 heteroatoms. The molecule has 0 amide bonds. The lowest BCUT2D eigenvalue weighted by molar-refractivity contribution is 0.143. The number of benzene rings is 1. The molecule has 2 heterocycles. The molecule has 0 aliphatic carbocycles. The van der Waals surface area contributed by atoms with Crippen LogP contribution in [0.1, 0.15) is 12.0 Å². The number of anilines is 2. The Hall–Kier alpha value is -3.00. The number of pyridine rings is 2. The predicted octanol–water partition coefficient (Wildman–Crippen LogP) is 4.34. The summed E-state index contributed by atoms with van der Waals surface area (Å²) in [7, 11) is 3.10. The summed E-state index contributed by atoms with van der Waals surface area (Å²) in [6, 6.07) is 9.63. The molecule has 0 aliphatic heterocycles. The third-order valence-electron chi connectivity index (χ3n) is 3.85. The summed E-state index contributed by atoms with van der Waals surface area (Å²) in [5.74, 6) is 0.759. The lowest BCUT2D eigenvalue weighted by atomic mass is 10.1. The van der Waals surface area contributed by atoms with E-state index in [9.17, 15) is 8.78 Å². The van der Waals surface area contributed by atoms with Gasteiger partial charge >= 0.3 is 0 Å². The highest BCUT2D eigenvalue weighted by Crippen LogP contribution is 2.32. The molecule has 1 aromatic carbocycles. The van der Waals surface area contributed by atoms with E-state index in [0.29, 0.717) is 47.3 Å². The van der Waals surface area contributed by atoms with Gasteiger partial charge in [-0.05, 0) is 18.2 Å². The molecule has 142 valence electrons. The van der Waals surface area contributed by atoms with Crippen LogP contribution < -0.4 is 14.8 Å². The van der Waals surface area contributed by atoms with E-state index in [1.54, 1.807) is 37.6 Å². The molecule has 27 heavy (non-hydrogen) atoms. The molecule has 0 bridgehead atoms. The lowest BCUT2D eigenvalue weighted by Crippen LogP contribution is -2.06. The van der Waals surface area contributed by atoms with Gasteiger partial charge in [0.1, 0.15) is 12.3 Å². The van der Waals surface area contributed by atoms with Crippen LogP contribution in [0.15, 0.2) is 42.6 Å². The second-order valence-corrected chi connectivity index (χ2v) is 5.61. The number of nitrogens with zero attached hydrogens (tertiary/aromatic N) is 2. The Balaban J connectivity index is 1.88. The first-order valence-electron chi connectivity index (χ1n) is 8.23. The highest BCUT2D eigenvalue weighted by Gasteiger charge is 2.12. The standard InChI is InChI=1S/C19H19F2N3O3/c1-25-9-10-27-17-6-5-15(19(24-17)26-2)23-14-7-8-22-16-11-12(18(20)21)3-4-13(14)16/h3-8,11,18H,9-10H2,1-2H3,(H,22,23). The molecule has 3 rings (SSSR count). The second kappa shape index (κ2) is 8.59. The van der Waals surface area contributed by atoms with Crippen LogP contribution in [-0.4, -0.2) is 37.4 Å². The number of hydrogen-bond donors (Lipinski definition) is 1. The topological polar surface area (TPSA) is 65.5 Å². The molecule has 0 spiro atoms. The Labute approximate surface area is 155 Å². The first-order chi connectivity index (χ1) is 13.1. The third-order valence-corrected chi connectivity index (χ3v) is 3.85. The zero-order valence-corrected chi connectivity index (χ0v) is 14.9. The molecule has 2 aromatic heterocycles. The van der Waals surface area contributed by atoms with Crippen molar-refractivity contribution < 1.29 is 23.0 Å². The van der Waals surface area contributed by atoms with Crippen molar-refractivity contribution in [1.82, 2.24) is 9.97 Å². The maximum absolute atomic E-state index is 12.9. The zero-order valence-electron chi connectivity index (χ0n) is 14.9. The van der Waals surface area contributed by atoms with Crippen LogP contribution in [0.3, 0.4) is 0 Å². The van der Waals surface area contributed by atoms with E-state index in [1.165, 1.54) is 19.2 Å². The minimum Gasteiger partial charge on any atom is -0.479 e. The molecule has 0 unspecified atom stereocenters. The molecule has 0 saturated carbocycles. The molecule has 0 radical (unpaired) electrons. The predicted molar refractivity (Wildman–Crippen MR) is 98.1 cm³/mol. The average Bonchev–Trinajstić information content (AvgIpc) is 2.69. The number of nitrogens with one attached hydrogen (secondary N) is 1. The molecule has 0 aliphatic rings. The number of methoxy groups -OCH3 is 2. The SMILES string of the molecule is COCCOc1ccc(Nc2ccnc3cc(C(F)F)ccc23)c(OC)n1. The number of alkyl halides is 2. The molecule has 1 N–H and O–H groups in total. The van der Waals surface area contributed by atoms with E-state index in [4.69, 9.17) is 14.2 Å². The van der Waals surface area contributed by atoms with E-state index in [1.807, 2.05) is 0 Å². The molecular formula is C19H19F2N3O3. The Morgan fingerprint density at radius 2 is 1.89 bits per heavy atom. The number of ether oxygens (including phenoxy) is 3. The van der Waals surface area contributed by atoms with Crippen molar-refractivity contribution in [3.8, 4) is 11.8 Å². The van der Waals surface area contributed by atoms with Gasteiger partial charge < -0.3 is 19.5 Å². The summed E-state index contributed by atoms with van der Waals surface area (Å²) >= 11 is 0. The average molecular weight is 375 g/mol. The maximum Gasteiger partial charge on any atom is 0.263 e. The van der Waals surface area contributed by atoms with Crippen molar-refractivity contribution in [2.75, 3.05) is 32.8 Å². The first-order valence-corrected chi connectivity index (χ1v) is 8.23. The van der Waals surface area contributed by atoms with Crippen molar-refractivity contribution in [1.29, 1.82) is 0 Å². The van der Waals surface area contributed by atoms with Crippen LogP contribution >= 0.6 is 0 Å². The Morgan fingerprint density at radius 3 is 2.63 bits per heavy atom. The Morgan fingerprint density at radius 1 is 1.04 bits per heavy atom. The second-order valence-electron chi connectivity index (χ2n) is 5.61. The van der Waals surface area contributed by atoms with Crippen LogP contribution in [0.25, 0.3) is 10.9 Å². The fourth-order valence-electron chi connectivity index (χ4n) is 2.54. The molecular weight excluding hydrogens is 356 g/mol. The van der Waals surface area contributed by atoms with E-state index >= 15 is 0 Å². The number of halogens is 2. The molecule has 0 atom stereocenters. The van der Waals surface area contributed by atoms with Crippen molar-refractivity contribution in [3.63, 3.8) is 0 Å². The minimum absolute atomic E-state index is 0.0658. The summed E-state index contributed by atoms with van der Waals surface area (Å²) in [4.78, 5) is 8.47. The van der Waals surface area contributed by atoms with Gasteiger partial charge in [0.25, 0.3) is 6.43 Å². The van der Waals surface area contributed by atoms with E-state index in [0.717, 1.165) is 0 Å². The summed E-state index contributed by atoms with van der Waals surface area (Å²) in [5, 5.41) is 3.93. The minimum atomic E-state index is -2.54. The van der Waals surface area contributed by atoms with Gasteiger partial charge in [-0.25, -0.2) is 8.78 Å². The number of aromatic nitrogens is 2. The lowest BCUT2D eigenvalue weighted by Gasteiger charge is -2.14. The maximum atomic E-state index is 12.9. The molecule has 3 aromatic rings. The molecule has 0 fully saturated rings. The van der Waals surface area contributed by atoms with E-state index < -0.39 is 6.43 Å². The normalized spacial score (nSPS) is 11.0. The third kappa shape index (κ3) is 4.40. The van der Waals surface area contributed by atoms with Gasteiger partial charge in [0, 0.05) is 36.0 Å². The quantitative estimate of drug-likeness (QED) is 0.591. The van der Waals surface area contributed by atoms with Crippen LogP contribution in [0.4, 0.5) is 20.2 Å². The van der Waals surface area contributed by atoms with Crippen LogP contribution in [0.5, 0.6) is 11.8 Å². The largest absolute Gasteiger partial charge is 0.479 e. The summed E-state index contributed by atoms with van der Waals surface area (Å²) < 4.78 is 41.5. The van der Waals surface area contributed by atoms with Crippen LogP contribution in [0, 0.1) is 0 Å². The van der Waals surface area contributed by atoms with Crippen molar-refractivity contribution in [2.24, 2.45) is 0 Å². The summed E-state index contributed by atoms with van der Waals surface area (Å²) in [6.07, 6.45) is -0.982. The van der Waals surface area contributed by atoms with Crippen molar-refractivity contribution >= 4 is 22.3 Å². The van der Waals surface area contributed by atoms with Gasteiger partial charge in [0.05, 0.1) is 19.2 Å². The Bertz CT molecular complexity index is 922. The number of rotatable bonds is 8. The van der Waals surface area contributed by atoms with Crippen LogP contribution in [-0.2, 0) is 4.74 Å². The first kappa shape index (κ1) is 18.8. The fourth-order valence-corrected chi connectivity index (χ4v) is 2.54. The smallest absolute Gasteiger partial charge is 0.263 e. The number of fused-ring (bicyclic) bond motifs is 1. The van der Waals surface area contributed by atoms with Gasteiger partial charge in [-0.1, -0.05) is 12.1 Å². The van der Waals surface area contributed by atoms with Gasteiger partial charge in [-0.2, -0.15) is 4.98 Å². The summed E-state index contributed by atoms with van der Waals surface area (Å²) in [6.45, 7) is 0.828. The van der Waals surface area contributed by atoms with Gasteiger partial charge in [-0.3, -0.25) is 4.98 Å². The highest BCUT2D eigenvalue weighted by atomic mass is 19.3. The van der Waals surface area contributed by atoms with E-state index in [2.05, 4.69) is 15.3 Å². The number of hydrogen-bond acceptors (Lipinski definition) is 6. The molecule has 0 saturated heterocycles. The van der Waals surface area contributed by atoms with Gasteiger partial charge in [0.15, 0.2) is 0 Å². The monoisotopic (exact) mass is 375 g/mol. The van der Waals surface area contributed by atoms with E-state index in [-0.39, 0.29) is 5.56 Å². The van der Waals surface area contributed by atoms with Crippen molar-refractivity contribution in [2.45, 2.75) is 6.43 Å². The zero-order chi connectivity index (χ0) is 19.2. The fraction of sp³-hybridized carbons (Fsp3) is 0.263. The Kier molecular flexibility index (Phi) is 5.97. The summed E-state index contributed by atoms with van der Waals surface area (Å²) in [5.41, 5.74) is 1.73. The highest BCUT2D eigenvalue weighted by molar-refractivity contribution is 5.93.